The van der Waals surface area contributed by atoms with Gasteiger partial charge in [-0.1, -0.05) is 13.8 Å². The fourth-order valence-corrected chi connectivity index (χ4v) is 2.17. The fourth-order valence-electron chi connectivity index (χ4n) is 2.17. The van der Waals surface area contributed by atoms with Gasteiger partial charge in [0, 0.05) is 39.5 Å². The van der Waals surface area contributed by atoms with E-state index >= 15 is 0 Å². The van der Waals surface area contributed by atoms with E-state index in [4.69, 9.17) is 15.2 Å². The van der Waals surface area contributed by atoms with Crippen molar-refractivity contribution in [2.24, 2.45) is 17.1 Å². The quantitative estimate of drug-likeness (QED) is 0.644. The second kappa shape index (κ2) is 8.51. The van der Waals surface area contributed by atoms with Crippen LogP contribution in [0.1, 0.15) is 33.1 Å². The molecule has 19 heavy (non-hydrogen) atoms. The van der Waals surface area contributed by atoms with Crippen molar-refractivity contribution < 1.29 is 14.3 Å². The van der Waals surface area contributed by atoms with Gasteiger partial charge in [-0.25, -0.2) is 0 Å². The summed E-state index contributed by atoms with van der Waals surface area (Å²) < 4.78 is 10.8. The van der Waals surface area contributed by atoms with Crippen LogP contribution in [0.2, 0.25) is 0 Å². The molecule has 0 unspecified atom stereocenters. The number of rotatable bonds is 8. The molecule has 0 radical (unpaired) electrons. The van der Waals surface area contributed by atoms with Gasteiger partial charge in [0.2, 0.25) is 5.91 Å². The van der Waals surface area contributed by atoms with Crippen LogP contribution in [0.5, 0.6) is 0 Å². The number of hydrogen-bond donors (Lipinski definition) is 2. The van der Waals surface area contributed by atoms with E-state index < -0.39 is 5.41 Å². The Morgan fingerprint density at radius 2 is 2.11 bits per heavy atom. The molecular weight excluding hydrogens is 244 g/mol. The largest absolute Gasteiger partial charge is 0.381 e. The lowest BCUT2D eigenvalue weighted by Gasteiger charge is -2.34. The molecule has 0 aromatic heterocycles. The summed E-state index contributed by atoms with van der Waals surface area (Å²) in [5, 5.41) is 2.98. The van der Waals surface area contributed by atoms with E-state index in [0.717, 1.165) is 25.9 Å². The van der Waals surface area contributed by atoms with Crippen LogP contribution in [-0.4, -0.2) is 45.4 Å². The predicted molar refractivity (Wildman–Crippen MR) is 74.8 cm³/mol. The van der Waals surface area contributed by atoms with E-state index in [1.165, 1.54) is 0 Å². The van der Waals surface area contributed by atoms with Crippen molar-refractivity contribution in [3.63, 3.8) is 0 Å². The second-order valence-corrected chi connectivity index (χ2v) is 5.68. The molecule has 1 heterocycles. The van der Waals surface area contributed by atoms with Gasteiger partial charge in [-0.2, -0.15) is 0 Å². The average Bonchev–Trinajstić information content (AvgIpc) is 2.42. The summed E-state index contributed by atoms with van der Waals surface area (Å²) in [6.07, 6.45) is 2.29. The molecule has 5 heteroatoms. The molecule has 1 rings (SSSR count). The number of hydrogen-bond acceptors (Lipinski definition) is 4. The molecule has 1 fully saturated rings. The van der Waals surface area contributed by atoms with Gasteiger partial charge in [0.05, 0.1) is 5.41 Å². The minimum absolute atomic E-state index is 0.0714. The summed E-state index contributed by atoms with van der Waals surface area (Å²) in [5.74, 6) is 0.625. The van der Waals surface area contributed by atoms with Crippen molar-refractivity contribution in [2.75, 3.05) is 39.5 Å². The first-order chi connectivity index (χ1) is 9.10. The number of carbonyl (C=O) groups is 1. The van der Waals surface area contributed by atoms with Gasteiger partial charge in [-0.15, -0.1) is 0 Å². The zero-order valence-electron chi connectivity index (χ0n) is 12.2. The third-order valence-electron chi connectivity index (χ3n) is 3.52. The third-order valence-corrected chi connectivity index (χ3v) is 3.52. The summed E-state index contributed by atoms with van der Waals surface area (Å²) in [6, 6.07) is 0. The number of amides is 1. The van der Waals surface area contributed by atoms with Gasteiger partial charge in [-0.3, -0.25) is 4.79 Å². The maximum Gasteiger partial charge on any atom is 0.227 e. The van der Waals surface area contributed by atoms with Crippen molar-refractivity contribution in [3.8, 4) is 0 Å². The van der Waals surface area contributed by atoms with E-state index in [-0.39, 0.29) is 5.91 Å². The zero-order valence-corrected chi connectivity index (χ0v) is 12.2. The van der Waals surface area contributed by atoms with Gasteiger partial charge >= 0.3 is 0 Å². The summed E-state index contributed by atoms with van der Waals surface area (Å²) in [7, 11) is 0. The number of carbonyl (C=O) groups excluding carboxylic acids is 1. The number of nitrogens with two attached hydrogens (primary N) is 1. The Kier molecular flexibility index (Phi) is 7.34. The molecule has 5 nitrogen and oxygen atoms in total. The van der Waals surface area contributed by atoms with E-state index in [1.54, 1.807) is 0 Å². The van der Waals surface area contributed by atoms with E-state index in [0.29, 0.717) is 38.8 Å². The molecule has 0 saturated carbocycles. The Labute approximate surface area is 116 Å². The Morgan fingerprint density at radius 1 is 1.42 bits per heavy atom. The maximum absolute atomic E-state index is 12.2. The van der Waals surface area contributed by atoms with Gasteiger partial charge < -0.3 is 20.5 Å². The minimum Gasteiger partial charge on any atom is -0.381 e. The van der Waals surface area contributed by atoms with Crippen molar-refractivity contribution in [1.29, 1.82) is 0 Å². The molecule has 0 bridgehead atoms. The van der Waals surface area contributed by atoms with Gasteiger partial charge in [0.25, 0.3) is 0 Å². The summed E-state index contributed by atoms with van der Waals surface area (Å²) in [5.41, 5.74) is 5.36. The topological polar surface area (TPSA) is 73.6 Å². The fraction of sp³-hybridized carbons (Fsp3) is 0.929. The Morgan fingerprint density at radius 3 is 2.68 bits per heavy atom. The molecule has 1 aliphatic rings. The van der Waals surface area contributed by atoms with Gasteiger partial charge in [-0.05, 0) is 25.2 Å². The van der Waals surface area contributed by atoms with Crippen molar-refractivity contribution in [2.45, 2.75) is 33.1 Å². The minimum atomic E-state index is -0.420. The van der Waals surface area contributed by atoms with Crippen LogP contribution in [0, 0.1) is 11.3 Å². The van der Waals surface area contributed by atoms with Crippen LogP contribution >= 0.6 is 0 Å². The standard InChI is InChI=1S/C14H28N2O3/c1-12(2)10-19-7-3-6-16-13(17)14(11-15)4-8-18-9-5-14/h12H,3-11,15H2,1-2H3,(H,16,17). The van der Waals surface area contributed by atoms with Crippen LogP contribution in [-0.2, 0) is 14.3 Å². The Balaban J connectivity index is 2.18. The maximum atomic E-state index is 12.2. The molecule has 0 atom stereocenters. The first-order valence-corrected chi connectivity index (χ1v) is 7.24. The summed E-state index contributed by atoms with van der Waals surface area (Å²) >= 11 is 0. The monoisotopic (exact) mass is 272 g/mol. The lowest BCUT2D eigenvalue weighted by molar-refractivity contribution is -0.135. The highest BCUT2D eigenvalue weighted by Gasteiger charge is 2.38. The van der Waals surface area contributed by atoms with Crippen molar-refractivity contribution >= 4 is 5.91 Å². The van der Waals surface area contributed by atoms with Crippen LogP contribution in [0.25, 0.3) is 0 Å². The molecular formula is C14H28N2O3. The molecule has 0 aromatic rings. The van der Waals surface area contributed by atoms with Crippen LogP contribution in [0.15, 0.2) is 0 Å². The Hall–Kier alpha value is -0.650. The van der Waals surface area contributed by atoms with E-state index in [1.807, 2.05) is 0 Å². The molecule has 0 aromatic carbocycles. The van der Waals surface area contributed by atoms with Crippen LogP contribution in [0.4, 0.5) is 0 Å². The van der Waals surface area contributed by atoms with Crippen LogP contribution < -0.4 is 11.1 Å². The smallest absolute Gasteiger partial charge is 0.227 e. The second-order valence-electron chi connectivity index (χ2n) is 5.68. The first kappa shape index (κ1) is 16.4. The Bertz CT molecular complexity index is 263. The highest BCUT2D eigenvalue weighted by molar-refractivity contribution is 5.83. The predicted octanol–water partition coefficient (Wildman–Crippen LogP) is 0.921. The summed E-state index contributed by atoms with van der Waals surface area (Å²) in [4.78, 5) is 12.2. The highest BCUT2D eigenvalue weighted by Crippen LogP contribution is 2.29. The lowest BCUT2D eigenvalue weighted by Crippen LogP contribution is -2.49. The molecule has 3 N–H and O–H groups in total. The lowest BCUT2D eigenvalue weighted by atomic mass is 9.79. The van der Waals surface area contributed by atoms with Crippen molar-refractivity contribution in [1.82, 2.24) is 5.32 Å². The number of ether oxygens (including phenoxy) is 2. The average molecular weight is 272 g/mol. The van der Waals surface area contributed by atoms with Gasteiger partial charge in [0.15, 0.2) is 0 Å². The van der Waals surface area contributed by atoms with E-state index in [9.17, 15) is 4.79 Å². The molecule has 0 aliphatic carbocycles. The molecule has 1 amide bonds. The van der Waals surface area contributed by atoms with E-state index in [2.05, 4.69) is 19.2 Å². The molecule has 1 saturated heterocycles. The molecule has 1 aliphatic heterocycles. The SMILES string of the molecule is CC(C)COCCCNC(=O)C1(CN)CCOCC1. The first-order valence-electron chi connectivity index (χ1n) is 7.24. The van der Waals surface area contributed by atoms with Gasteiger partial charge in [0.1, 0.15) is 0 Å². The summed E-state index contributed by atoms with van der Waals surface area (Å²) in [6.45, 7) is 8.01. The molecule has 0 spiro atoms. The zero-order chi connectivity index (χ0) is 14.1. The highest BCUT2D eigenvalue weighted by atomic mass is 16.5. The van der Waals surface area contributed by atoms with Crippen LogP contribution in [0.3, 0.4) is 0 Å². The third kappa shape index (κ3) is 5.47. The van der Waals surface area contributed by atoms with Crippen molar-refractivity contribution in [3.05, 3.63) is 0 Å². The molecule has 112 valence electrons. The number of nitrogens with one attached hydrogen (secondary N) is 1. The normalized spacial score (nSPS) is 18.5.